The summed E-state index contributed by atoms with van der Waals surface area (Å²) in [5.74, 6) is 0.823. The van der Waals surface area contributed by atoms with Gasteiger partial charge in [-0.1, -0.05) is 285 Å². The van der Waals surface area contributed by atoms with Gasteiger partial charge < -0.3 is 14.2 Å². The normalized spacial score (nSPS) is 12.5. The summed E-state index contributed by atoms with van der Waals surface area (Å²) in [6.07, 6.45) is 53.9. The molecule has 0 aromatic carbocycles. The predicted molar refractivity (Wildman–Crippen MR) is 275 cm³/mol. The van der Waals surface area contributed by atoms with Crippen LogP contribution in [0.1, 0.15) is 324 Å². The summed E-state index contributed by atoms with van der Waals surface area (Å²) in [5.41, 5.74) is 0. The fourth-order valence-corrected chi connectivity index (χ4v) is 8.84. The van der Waals surface area contributed by atoms with E-state index in [2.05, 4.69) is 34.6 Å². The Morgan fingerprint density at radius 3 is 0.891 bits per heavy atom. The third-order valence-electron chi connectivity index (χ3n) is 13.6. The van der Waals surface area contributed by atoms with Gasteiger partial charge in [0.15, 0.2) is 6.10 Å². The van der Waals surface area contributed by atoms with E-state index < -0.39 is 6.10 Å². The lowest BCUT2D eigenvalue weighted by atomic mass is 10.00. The highest BCUT2D eigenvalue weighted by Gasteiger charge is 2.19. The maximum atomic E-state index is 12.8. The molecule has 6 nitrogen and oxygen atoms in total. The number of ether oxygens (including phenoxy) is 3. The summed E-state index contributed by atoms with van der Waals surface area (Å²) in [6.45, 7) is 11.4. The molecule has 0 radical (unpaired) electrons. The molecule has 0 aromatic rings. The number of rotatable bonds is 52. The molecule has 64 heavy (non-hydrogen) atoms. The lowest BCUT2D eigenvalue weighted by molar-refractivity contribution is -0.167. The van der Waals surface area contributed by atoms with Crippen molar-refractivity contribution in [3.8, 4) is 0 Å². The fourth-order valence-electron chi connectivity index (χ4n) is 8.84. The average Bonchev–Trinajstić information content (AvgIpc) is 3.28. The zero-order valence-electron chi connectivity index (χ0n) is 43.9. The number of unbranched alkanes of at least 4 members (excludes halogenated alkanes) is 36. The van der Waals surface area contributed by atoms with Crippen LogP contribution >= 0.6 is 0 Å². The number of carbonyl (C=O) groups excluding carboxylic acids is 3. The van der Waals surface area contributed by atoms with Crippen molar-refractivity contribution >= 4 is 17.9 Å². The molecule has 0 amide bonds. The number of hydrogen-bond acceptors (Lipinski definition) is 6. The largest absolute Gasteiger partial charge is 0.462 e. The molecular formula is C58H112O6. The highest BCUT2D eigenvalue weighted by molar-refractivity contribution is 5.71. The molecule has 0 saturated carbocycles. The molecule has 0 rings (SSSR count). The number of carbonyl (C=O) groups is 3. The van der Waals surface area contributed by atoms with Crippen LogP contribution in [0.25, 0.3) is 0 Å². The van der Waals surface area contributed by atoms with Gasteiger partial charge in [0.25, 0.3) is 0 Å². The first-order valence-corrected chi connectivity index (χ1v) is 28.8. The molecule has 0 fully saturated rings. The molecule has 0 N–H and O–H groups in total. The lowest BCUT2D eigenvalue weighted by Gasteiger charge is -2.18. The van der Waals surface area contributed by atoms with Gasteiger partial charge in [-0.2, -0.15) is 0 Å². The zero-order valence-corrected chi connectivity index (χ0v) is 43.9. The molecule has 2 atom stereocenters. The molecule has 0 aliphatic carbocycles. The molecule has 1 unspecified atom stereocenters. The van der Waals surface area contributed by atoms with Crippen LogP contribution in [0.2, 0.25) is 0 Å². The molecule has 0 aliphatic rings. The van der Waals surface area contributed by atoms with Gasteiger partial charge in [-0.3, -0.25) is 14.4 Å². The number of esters is 3. The van der Waals surface area contributed by atoms with Crippen LogP contribution in [0.5, 0.6) is 0 Å². The maximum Gasteiger partial charge on any atom is 0.306 e. The van der Waals surface area contributed by atoms with E-state index in [4.69, 9.17) is 14.2 Å². The highest BCUT2D eigenvalue weighted by atomic mass is 16.6. The summed E-state index contributed by atoms with van der Waals surface area (Å²) in [4.78, 5) is 38.1. The third-order valence-corrected chi connectivity index (χ3v) is 13.6. The van der Waals surface area contributed by atoms with E-state index in [0.29, 0.717) is 19.3 Å². The Hall–Kier alpha value is -1.59. The molecular weight excluding hydrogens is 793 g/mol. The van der Waals surface area contributed by atoms with E-state index in [0.717, 1.165) is 69.6 Å². The minimum atomic E-state index is -0.763. The molecule has 0 aromatic heterocycles. The SMILES string of the molecule is CCCCCCCCCCCCCCCCCCCC(=O)O[C@H](COC(=O)CCCCCCCCCCCCCCCCCCC(C)C)COC(=O)CCCCCCCCC(C)CC. The minimum absolute atomic E-state index is 0.0635. The molecule has 380 valence electrons. The summed E-state index contributed by atoms with van der Waals surface area (Å²) >= 11 is 0. The van der Waals surface area contributed by atoms with E-state index in [1.165, 1.54) is 212 Å². The monoisotopic (exact) mass is 905 g/mol. The minimum Gasteiger partial charge on any atom is -0.462 e. The Labute approximate surface area is 399 Å². The van der Waals surface area contributed by atoms with Gasteiger partial charge in [-0.15, -0.1) is 0 Å². The Morgan fingerprint density at radius 1 is 0.328 bits per heavy atom. The molecule has 0 saturated heterocycles. The average molecular weight is 906 g/mol. The van der Waals surface area contributed by atoms with Gasteiger partial charge in [-0.25, -0.2) is 0 Å². The first-order chi connectivity index (χ1) is 31.3. The van der Waals surface area contributed by atoms with E-state index in [1.807, 2.05) is 0 Å². The van der Waals surface area contributed by atoms with Crippen molar-refractivity contribution in [1.82, 2.24) is 0 Å². The Kier molecular flexibility index (Phi) is 49.6. The quantitative estimate of drug-likeness (QED) is 0.0344. The van der Waals surface area contributed by atoms with Gasteiger partial charge in [0.2, 0.25) is 0 Å². The van der Waals surface area contributed by atoms with Crippen LogP contribution in [-0.2, 0) is 28.6 Å². The van der Waals surface area contributed by atoms with Crippen LogP contribution in [0, 0.1) is 11.8 Å². The molecule has 0 heterocycles. The number of hydrogen-bond donors (Lipinski definition) is 0. The van der Waals surface area contributed by atoms with E-state index >= 15 is 0 Å². The standard InChI is InChI=1S/C58H112O6/c1-6-8-9-10-11-12-13-14-15-16-21-24-27-30-33-40-45-50-58(61)64-55(52-63-57(60)49-44-39-35-34-37-42-47-54(5)7-2)51-62-56(59)48-43-38-32-29-26-23-20-18-17-19-22-25-28-31-36-41-46-53(3)4/h53-55H,6-52H2,1-5H3/t54?,55-/m1/s1. The zero-order chi connectivity index (χ0) is 46.8. The fraction of sp³-hybridized carbons (Fsp3) is 0.948. The van der Waals surface area contributed by atoms with Gasteiger partial charge in [0.1, 0.15) is 13.2 Å². The first kappa shape index (κ1) is 62.4. The van der Waals surface area contributed by atoms with Gasteiger partial charge >= 0.3 is 17.9 Å². The molecule has 0 bridgehead atoms. The third kappa shape index (κ3) is 49.8. The van der Waals surface area contributed by atoms with Crippen molar-refractivity contribution in [3.05, 3.63) is 0 Å². The van der Waals surface area contributed by atoms with Crippen molar-refractivity contribution < 1.29 is 28.6 Å². The second-order valence-electron chi connectivity index (χ2n) is 20.6. The van der Waals surface area contributed by atoms with Crippen LogP contribution < -0.4 is 0 Å². The summed E-state index contributed by atoms with van der Waals surface area (Å²) in [6, 6.07) is 0. The van der Waals surface area contributed by atoms with Crippen LogP contribution in [0.3, 0.4) is 0 Å². The van der Waals surface area contributed by atoms with Crippen molar-refractivity contribution in [2.45, 2.75) is 330 Å². The van der Waals surface area contributed by atoms with Crippen molar-refractivity contribution in [2.24, 2.45) is 11.8 Å². The molecule has 0 aliphatic heterocycles. The molecule has 6 heteroatoms. The van der Waals surface area contributed by atoms with Gasteiger partial charge in [0.05, 0.1) is 0 Å². The Morgan fingerprint density at radius 2 is 0.594 bits per heavy atom. The summed E-state index contributed by atoms with van der Waals surface area (Å²) < 4.78 is 16.9. The topological polar surface area (TPSA) is 78.9 Å². The second kappa shape index (κ2) is 50.8. The van der Waals surface area contributed by atoms with Gasteiger partial charge in [0, 0.05) is 19.3 Å². The predicted octanol–water partition coefficient (Wildman–Crippen LogP) is 18.9. The van der Waals surface area contributed by atoms with Gasteiger partial charge in [-0.05, 0) is 31.1 Å². The smallest absolute Gasteiger partial charge is 0.306 e. The van der Waals surface area contributed by atoms with E-state index in [1.54, 1.807) is 0 Å². The van der Waals surface area contributed by atoms with E-state index in [-0.39, 0.29) is 31.1 Å². The summed E-state index contributed by atoms with van der Waals surface area (Å²) in [7, 11) is 0. The highest BCUT2D eigenvalue weighted by Crippen LogP contribution is 2.18. The first-order valence-electron chi connectivity index (χ1n) is 28.8. The van der Waals surface area contributed by atoms with Crippen LogP contribution in [0.15, 0.2) is 0 Å². The van der Waals surface area contributed by atoms with Crippen molar-refractivity contribution in [1.29, 1.82) is 0 Å². The van der Waals surface area contributed by atoms with Crippen LogP contribution in [-0.4, -0.2) is 37.2 Å². The second-order valence-corrected chi connectivity index (χ2v) is 20.6. The molecule has 0 spiro atoms. The summed E-state index contributed by atoms with van der Waals surface area (Å²) in [5, 5.41) is 0. The maximum absolute atomic E-state index is 12.8. The van der Waals surface area contributed by atoms with Crippen LogP contribution in [0.4, 0.5) is 0 Å². The lowest BCUT2D eigenvalue weighted by Crippen LogP contribution is -2.30. The Bertz CT molecular complexity index is 980. The van der Waals surface area contributed by atoms with E-state index in [9.17, 15) is 14.4 Å². The Balaban J connectivity index is 4.24. The van der Waals surface area contributed by atoms with Crippen molar-refractivity contribution in [3.63, 3.8) is 0 Å². The van der Waals surface area contributed by atoms with Crippen molar-refractivity contribution in [2.75, 3.05) is 13.2 Å².